The number of carbonyl (C=O) groups excluding carboxylic acids is 1. The summed E-state index contributed by atoms with van der Waals surface area (Å²) in [4.78, 5) is 13.6. The molecule has 6 nitrogen and oxygen atoms in total. The fourth-order valence-electron chi connectivity index (χ4n) is 3.28. The van der Waals surface area contributed by atoms with Gasteiger partial charge in [-0.1, -0.05) is 29.8 Å². The minimum absolute atomic E-state index is 0. The molecule has 1 aliphatic heterocycles. The van der Waals surface area contributed by atoms with E-state index in [1.54, 1.807) is 24.3 Å². The Labute approximate surface area is 182 Å². The highest BCUT2D eigenvalue weighted by molar-refractivity contribution is 7.90. The molecule has 0 atom stereocenters. The quantitative estimate of drug-likeness (QED) is 0.668. The Hall–Kier alpha value is -1.80. The molecule has 1 aliphatic rings. The predicted molar refractivity (Wildman–Crippen MR) is 117 cm³/mol. The van der Waals surface area contributed by atoms with E-state index in [1.807, 2.05) is 24.3 Å². The number of carbonyl (C=O) groups is 1. The van der Waals surface area contributed by atoms with Gasteiger partial charge in [-0.2, -0.15) is 0 Å². The van der Waals surface area contributed by atoms with Crippen molar-refractivity contribution in [3.05, 3.63) is 64.7 Å². The van der Waals surface area contributed by atoms with Crippen LogP contribution in [0, 0.1) is 0 Å². The topological polar surface area (TPSA) is 75.7 Å². The lowest BCUT2D eigenvalue weighted by molar-refractivity contribution is 0.0600. The number of benzene rings is 2. The van der Waals surface area contributed by atoms with Crippen molar-refractivity contribution in [1.29, 1.82) is 0 Å². The number of esters is 1. The van der Waals surface area contributed by atoms with E-state index in [-0.39, 0.29) is 19.0 Å². The Kier molecular flexibility index (Phi) is 8.34. The maximum absolute atomic E-state index is 12.7. The molecule has 0 bridgehead atoms. The number of nitrogens with one attached hydrogen (secondary N) is 1. The van der Waals surface area contributed by atoms with Crippen LogP contribution in [0.1, 0.15) is 28.8 Å². The first-order valence-electron chi connectivity index (χ1n) is 9.05. The fraction of sp³-hybridized carbons (Fsp3) is 0.350. The number of hydrogen-bond donors (Lipinski definition) is 1. The fourth-order valence-corrected chi connectivity index (χ4v) is 4.89. The van der Waals surface area contributed by atoms with Gasteiger partial charge in [0.25, 0.3) is 0 Å². The molecule has 0 aromatic heterocycles. The molecular formula is C20H24Cl2N2O4S. The zero-order chi connectivity index (χ0) is 20.1. The first-order chi connectivity index (χ1) is 13.4. The summed E-state index contributed by atoms with van der Waals surface area (Å²) in [5.41, 5.74) is 2.23. The normalized spacial score (nSPS) is 14.9. The molecular weight excluding hydrogens is 435 g/mol. The van der Waals surface area contributed by atoms with Crippen molar-refractivity contribution in [2.45, 2.75) is 24.6 Å². The molecule has 1 saturated heterocycles. The van der Waals surface area contributed by atoms with Gasteiger partial charge in [0, 0.05) is 30.3 Å². The molecule has 1 fully saturated rings. The van der Waals surface area contributed by atoms with Gasteiger partial charge in [-0.05, 0) is 48.7 Å². The van der Waals surface area contributed by atoms with E-state index in [2.05, 4.69) is 14.4 Å². The summed E-state index contributed by atoms with van der Waals surface area (Å²) < 4.78 is 32.6. The largest absolute Gasteiger partial charge is 0.465 e. The first kappa shape index (κ1) is 23.5. The molecule has 0 amide bonds. The van der Waals surface area contributed by atoms with E-state index in [9.17, 15) is 13.2 Å². The number of hydrogen-bond acceptors (Lipinski definition) is 5. The lowest BCUT2D eigenvalue weighted by Crippen LogP contribution is -2.43. The van der Waals surface area contributed by atoms with E-state index >= 15 is 0 Å². The van der Waals surface area contributed by atoms with Crippen LogP contribution in [0.3, 0.4) is 0 Å². The van der Waals surface area contributed by atoms with Crippen molar-refractivity contribution in [3.8, 4) is 0 Å². The molecule has 0 unspecified atom stereocenters. The van der Waals surface area contributed by atoms with Gasteiger partial charge in [-0.3, -0.25) is 0 Å². The van der Waals surface area contributed by atoms with Crippen molar-refractivity contribution >= 4 is 45.7 Å². The average Bonchev–Trinajstić information content (AvgIpc) is 2.72. The zero-order valence-electron chi connectivity index (χ0n) is 16.0. The number of sulfonamides is 1. The Balaban J connectivity index is 0.00000300. The van der Waals surface area contributed by atoms with E-state index in [0.717, 1.165) is 11.3 Å². The van der Waals surface area contributed by atoms with E-state index < -0.39 is 21.2 Å². The number of piperidine rings is 1. The highest BCUT2D eigenvalue weighted by Gasteiger charge is 2.29. The van der Waals surface area contributed by atoms with Crippen molar-refractivity contribution in [3.63, 3.8) is 0 Å². The minimum Gasteiger partial charge on any atom is -0.465 e. The van der Waals surface area contributed by atoms with Crippen LogP contribution < -0.4 is 9.62 Å². The molecule has 1 heterocycles. The molecule has 2 aromatic carbocycles. The van der Waals surface area contributed by atoms with Gasteiger partial charge in [0.15, 0.2) is 0 Å². The van der Waals surface area contributed by atoms with Crippen LogP contribution >= 0.6 is 24.0 Å². The van der Waals surface area contributed by atoms with Crippen LogP contribution in [0.15, 0.2) is 48.5 Å². The van der Waals surface area contributed by atoms with Crippen molar-refractivity contribution in [2.75, 3.05) is 25.1 Å². The van der Waals surface area contributed by atoms with Crippen molar-refractivity contribution in [1.82, 2.24) is 4.72 Å². The van der Waals surface area contributed by atoms with Crippen molar-refractivity contribution < 1.29 is 17.9 Å². The van der Waals surface area contributed by atoms with Gasteiger partial charge in [-0.25, -0.2) is 17.9 Å². The third kappa shape index (κ3) is 6.09. The zero-order valence-corrected chi connectivity index (χ0v) is 18.4. The molecule has 9 heteroatoms. The highest BCUT2D eigenvalue weighted by Crippen LogP contribution is 2.25. The third-order valence-corrected chi connectivity index (χ3v) is 7.04. The van der Waals surface area contributed by atoms with Crippen molar-refractivity contribution in [2.24, 2.45) is 0 Å². The maximum Gasteiger partial charge on any atom is 0.337 e. The summed E-state index contributed by atoms with van der Waals surface area (Å²) in [5, 5.41) is 0.254. The summed E-state index contributed by atoms with van der Waals surface area (Å²) >= 11 is 6.04. The molecule has 0 saturated carbocycles. The highest BCUT2D eigenvalue weighted by atomic mass is 35.5. The van der Waals surface area contributed by atoms with E-state index in [1.165, 1.54) is 7.11 Å². The van der Waals surface area contributed by atoms with Crippen LogP contribution in [0.2, 0.25) is 5.02 Å². The number of ether oxygens (including phenoxy) is 1. The van der Waals surface area contributed by atoms with Gasteiger partial charge in [-0.15, -0.1) is 12.4 Å². The summed E-state index contributed by atoms with van der Waals surface area (Å²) in [6.45, 7) is 1.53. The SMILES string of the molecule is COC(=O)c1ccc(CNS(=O)(=O)C2CCN(c3cccc(Cl)c3)CC2)cc1.Cl. The van der Waals surface area contributed by atoms with Crippen LogP contribution in [0.4, 0.5) is 5.69 Å². The Morgan fingerprint density at radius 3 is 2.41 bits per heavy atom. The molecule has 0 spiro atoms. The maximum atomic E-state index is 12.7. The molecule has 29 heavy (non-hydrogen) atoms. The standard InChI is InChI=1S/C20H23ClN2O4S.ClH/c1-27-20(24)16-7-5-15(6-8-16)14-22-28(25,26)19-9-11-23(12-10-19)18-4-2-3-17(21)13-18;/h2-8,13,19,22H,9-12,14H2,1H3;1H. The average molecular weight is 459 g/mol. The number of methoxy groups -OCH3 is 1. The second-order valence-electron chi connectivity index (χ2n) is 6.72. The summed E-state index contributed by atoms with van der Waals surface area (Å²) in [6, 6.07) is 14.3. The first-order valence-corrected chi connectivity index (χ1v) is 11.0. The number of anilines is 1. The second kappa shape index (κ2) is 10.3. The summed E-state index contributed by atoms with van der Waals surface area (Å²) in [7, 11) is -2.10. The van der Waals surface area contributed by atoms with E-state index in [4.69, 9.17) is 11.6 Å². The minimum atomic E-state index is -3.42. The molecule has 0 aliphatic carbocycles. The number of halogens is 2. The molecule has 3 rings (SSSR count). The smallest absolute Gasteiger partial charge is 0.337 e. The second-order valence-corrected chi connectivity index (χ2v) is 9.20. The summed E-state index contributed by atoms with van der Waals surface area (Å²) in [6.07, 6.45) is 1.12. The van der Waals surface area contributed by atoms with Gasteiger partial charge >= 0.3 is 5.97 Å². The van der Waals surface area contributed by atoms with Crippen LogP contribution in [-0.4, -0.2) is 39.8 Å². The molecule has 2 aromatic rings. The van der Waals surface area contributed by atoms with Gasteiger partial charge < -0.3 is 9.64 Å². The lowest BCUT2D eigenvalue weighted by atomic mass is 10.1. The van der Waals surface area contributed by atoms with E-state index in [0.29, 0.717) is 36.5 Å². The van der Waals surface area contributed by atoms with Gasteiger partial charge in [0.2, 0.25) is 10.0 Å². The lowest BCUT2D eigenvalue weighted by Gasteiger charge is -2.33. The Morgan fingerprint density at radius 1 is 1.17 bits per heavy atom. The third-order valence-electron chi connectivity index (χ3n) is 4.91. The number of rotatable bonds is 6. The van der Waals surface area contributed by atoms with Crippen LogP contribution in [-0.2, 0) is 21.3 Å². The summed E-state index contributed by atoms with van der Waals surface area (Å²) in [5.74, 6) is -0.418. The number of nitrogens with zero attached hydrogens (tertiary/aromatic N) is 1. The van der Waals surface area contributed by atoms with Crippen LogP contribution in [0.25, 0.3) is 0 Å². The Bertz CT molecular complexity index is 928. The van der Waals surface area contributed by atoms with Crippen LogP contribution in [0.5, 0.6) is 0 Å². The van der Waals surface area contributed by atoms with Gasteiger partial charge in [0.1, 0.15) is 0 Å². The molecule has 1 N–H and O–H groups in total. The molecule has 158 valence electrons. The molecule has 0 radical (unpaired) electrons. The predicted octanol–water partition coefficient (Wildman–Crippen LogP) is 3.64. The Morgan fingerprint density at radius 2 is 1.83 bits per heavy atom. The monoisotopic (exact) mass is 458 g/mol. The van der Waals surface area contributed by atoms with Gasteiger partial charge in [0.05, 0.1) is 17.9 Å².